The van der Waals surface area contributed by atoms with Crippen molar-refractivity contribution in [1.82, 2.24) is 5.06 Å². The zero-order valence-corrected chi connectivity index (χ0v) is 12.6. The second-order valence-electron chi connectivity index (χ2n) is 5.35. The van der Waals surface area contributed by atoms with Gasteiger partial charge in [-0.25, -0.2) is 0 Å². The summed E-state index contributed by atoms with van der Waals surface area (Å²) < 4.78 is 0. The zero-order chi connectivity index (χ0) is 16.2. The van der Waals surface area contributed by atoms with Gasteiger partial charge in [0.2, 0.25) is 0 Å². The molecule has 0 saturated carbocycles. The predicted molar refractivity (Wildman–Crippen MR) is 86.8 cm³/mol. The smallest absolute Gasteiger partial charge is 0.266 e. The molecule has 1 atom stereocenters. The number of benzene rings is 2. The van der Waals surface area contributed by atoms with E-state index < -0.39 is 17.9 Å². The molecule has 0 aromatic heterocycles. The van der Waals surface area contributed by atoms with Crippen LogP contribution >= 0.6 is 0 Å². The average molecular weight is 307 g/mol. The van der Waals surface area contributed by atoms with E-state index in [9.17, 15) is 9.59 Å². The molecular weight excluding hydrogens is 290 g/mol. The van der Waals surface area contributed by atoms with Gasteiger partial charge in [0.1, 0.15) is 6.10 Å². The quantitative estimate of drug-likeness (QED) is 0.607. The third-order valence-electron chi connectivity index (χ3n) is 3.82. The monoisotopic (exact) mass is 307 g/mol. The lowest BCUT2D eigenvalue weighted by Crippen LogP contribution is -2.34. The second kappa shape index (κ2) is 6.58. The first-order valence-corrected chi connectivity index (χ1v) is 7.52. The molecule has 0 unspecified atom stereocenters. The Morgan fingerprint density at radius 1 is 0.957 bits per heavy atom. The molecule has 4 nitrogen and oxygen atoms in total. The van der Waals surface area contributed by atoms with Gasteiger partial charge in [0.25, 0.3) is 11.8 Å². The number of hydrogen-bond acceptors (Lipinski definition) is 3. The van der Waals surface area contributed by atoms with Crippen molar-refractivity contribution in [3.8, 4) is 0 Å². The van der Waals surface area contributed by atoms with Crippen LogP contribution in [0.5, 0.6) is 0 Å². The molecular formula is C19H17NO3. The summed E-state index contributed by atoms with van der Waals surface area (Å²) in [6, 6.07) is 16.7. The van der Waals surface area contributed by atoms with Gasteiger partial charge in [-0.05, 0) is 30.5 Å². The van der Waals surface area contributed by atoms with Crippen LogP contribution in [-0.2, 0) is 11.3 Å². The molecule has 4 heteroatoms. The number of hydrogen-bond donors (Lipinski definition) is 0. The molecule has 3 rings (SSSR count). The summed E-state index contributed by atoms with van der Waals surface area (Å²) in [4.78, 5) is 30.2. The number of aryl methyl sites for hydroxylation is 1. The molecule has 0 spiro atoms. The average Bonchev–Trinajstić information content (AvgIpc) is 2.84. The van der Waals surface area contributed by atoms with Gasteiger partial charge in [-0.15, -0.1) is 11.6 Å². The number of amides is 2. The number of nitrogens with zero attached hydrogens (tertiary/aromatic N) is 1. The molecule has 116 valence electrons. The van der Waals surface area contributed by atoms with Gasteiger partial charge in [0.15, 0.2) is 0 Å². The van der Waals surface area contributed by atoms with Crippen LogP contribution < -0.4 is 0 Å². The number of hydroxylamine groups is 2. The number of imide groups is 1. The summed E-state index contributed by atoms with van der Waals surface area (Å²) in [5.41, 5.74) is 1.93. The van der Waals surface area contributed by atoms with E-state index >= 15 is 0 Å². The lowest BCUT2D eigenvalue weighted by molar-refractivity contribution is -0.118. The van der Waals surface area contributed by atoms with Gasteiger partial charge in [-0.3, -0.25) is 14.4 Å². The second-order valence-corrected chi connectivity index (χ2v) is 5.35. The van der Waals surface area contributed by atoms with Gasteiger partial charge >= 0.3 is 0 Å². The van der Waals surface area contributed by atoms with Crippen LogP contribution in [0, 0.1) is 0 Å². The Bertz CT molecular complexity index is 704. The summed E-state index contributed by atoms with van der Waals surface area (Å²) in [5, 5.41) is 0.849. The Morgan fingerprint density at radius 2 is 1.52 bits per heavy atom. The first-order chi connectivity index (χ1) is 11.2. The molecule has 2 aromatic carbocycles. The Kier molecular flexibility index (Phi) is 4.35. The standard InChI is InChI=1S/C19H17NO3/c1-2-15(13-12-14-8-4-3-5-9-14)23-20-18(21)16-10-6-7-11-17(16)19(20)22/h2-11,15H,1,12-13H2/t15-/m1/s1. The summed E-state index contributed by atoms with van der Waals surface area (Å²) >= 11 is 0. The summed E-state index contributed by atoms with van der Waals surface area (Å²) in [7, 11) is 0. The predicted octanol–water partition coefficient (Wildman–Crippen LogP) is 3.40. The SMILES string of the molecule is C=C[C@H](CCc1ccccc1)ON1C(=O)c2ccccc2C1=O. The third-order valence-corrected chi connectivity index (χ3v) is 3.82. The molecule has 0 fully saturated rings. The van der Waals surface area contributed by atoms with Crippen molar-refractivity contribution in [1.29, 1.82) is 0 Å². The van der Waals surface area contributed by atoms with Crippen molar-refractivity contribution in [3.63, 3.8) is 0 Å². The fourth-order valence-electron chi connectivity index (χ4n) is 2.57. The molecule has 1 aliphatic heterocycles. The highest BCUT2D eigenvalue weighted by atomic mass is 16.7. The molecule has 0 aliphatic carbocycles. The van der Waals surface area contributed by atoms with Gasteiger partial charge in [0, 0.05) is 0 Å². The Morgan fingerprint density at radius 3 is 2.09 bits per heavy atom. The highest BCUT2D eigenvalue weighted by Gasteiger charge is 2.37. The number of fused-ring (bicyclic) bond motifs is 1. The first-order valence-electron chi connectivity index (χ1n) is 7.52. The normalized spacial score (nSPS) is 14.7. The molecule has 1 aliphatic rings. The van der Waals surface area contributed by atoms with E-state index in [0.717, 1.165) is 11.5 Å². The molecule has 0 N–H and O–H groups in total. The van der Waals surface area contributed by atoms with Crippen LogP contribution in [-0.4, -0.2) is 23.0 Å². The Balaban J connectivity index is 1.67. The van der Waals surface area contributed by atoms with Crippen molar-refractivity contribution in [2.75, 3.05) is 0 Å². The largest absolute Gasteiger partial charge is 0.285 e. The van der Waals surface area contributed by atoms with E-state index in [-0.39, 0.29) is 0 Å². The fraction of sp³-hybridized carbons (Fsp3) is 0.158. The van der Waals surface area contributed by atoms with Crippen LogP contribution in [0.25, 0.3) is 0 Å². The lowest BCUT2D eigenvalue weighted by Gasteiger charge is -2.19. The number of carbonyl (C=O) groups is 2. The minimum atomic E-state index is -0.419. The highest BCUT2D eigenvalue weighted by Crippen LogP contribution is 2.24. The van der Waals surface area contributed by atoms with Crippen molar-refractivity contribution in [2.24, 2.45) is 0 Å². The topological polar surface area (TPSA) is 46.6 Å². The molecule has 0 radical (unpaired) electrons. The molecule has 0 saturated heterocycles. The maximum atomic E-state index is 12.3. The van der Waals surface area contributed by atoms with E-state index in [4.69, 9.17) is 4.84 Å². The summed E-state index contributed by atoms with van der Waals surface area (Å²) in [5.74, 6) is -0.839. The van der Waals surface area contributed by atoms with Crippen LogP contribution in [0.2, 0.25) is 0 Å². The molecule has 0 bridgehead atoms. The summed E-state index contributed by atoms with van der Waals surface area (Å²) in [6.07, 6.45) is 2.63. The van der Waals surface area contributed by atoms with Gasteiger partial charge in [0.05, 0.1) is 11.1 Å². The fourth-order valence-corrected chi connectivity index (χ4v) is 2.57. The Hall–Kier alpha value is -2.72. The van der Waals surface area contributed by atoms with Crippen LogP contribution in [0.4, 0.5) is 0 Å². The van der Waals surface area contributed by atoms with Crippen molar-refractivity contribution in [2.45, 2.75) is 18.9 Å². The van der Waals surface area contributed by atoms with Crippen LogP contribution in [0.3, 0.4) is 0 Å². The Labute approximate surface area is 134 Å². The van der Waals surface area contributed by atoms with Crippen molar-refractivity contribution in [3.05, 3.63) is 83.9 Å². The minimum Gasteiger partial charge on any atom is -0.266 e. The van der Waals surface area contributed by atoms with Gasteiger partial charge < -0.3 is 0 Å². The third kappa shape index (κ3) is 3.07. The minimum absolute atomic E-state index is 0.378. The summed E-state index contributed by atoms with van der Waals surface area (Å²) in [6.45, 7) is 3.74. The first kappa shape index (κ1) is 15.2. The number of rotatable bonds is 6. The van der Waals surface area contributed by atoms with Crippen LogP contribution in [0.1, 0.15) is 32.7 Å². The van der Waals surface area contributed by atoms with Gasteiger partial charge in [-0.1, -0.05) is 48.5 Å². The lowest BCUT2D eigenvalue weighted by atomic mass is 10.1. The molecule has 2 amide bonds. The van der Waals surface area contributed by atoms with E-state index in [1.807, 2.05) is 30.3 Å². The molecule has 23 heavy (non-hydrogen) atoms. The maximum absolute atomic E-state index is 12.3. The molecule has 1 heterocycles. The van der Waals surface area contributed by atoms with E-state index in [1.165, 1.54) is 5.56 Å². The van der Waals surface area contributed by atoms with E-state index in [0.29, 0.717) is 17.5 Å². The van der Waals surface area contributed by atoms with E-state index in [1.54, 1.807) is 30.3 Å². The highest BCUT2D eigenvalue weighted by molar-refractivity contribution is 6.20. The zero-order valence-electron chi connectivity index (χ0n) is 12.6. The number of carbonyl (C=O) groups excluding carboxylic acids is 2. The maximum Gasteiger partial charge on any atom is 0.285 e. The van der Waals surface area contributed by atoms with Crippen LogP contribution in [0.15, 0.2) is 67.3 Å². The molecule has 2 aromatic rings. The van der Waals surface area contributed by atoms with Crippen molar-refractivity contribution >= 4 is 11.8 Å². The van der Waals surface area contributed by atoms with Gasteiger partial charge in [-0.2, -0.15) is 0 Å². The van der Waals surface area contributed by atoms with Crippen molar-refractivity contribution < 1.29 is 14.4 Å². The van der Waals surface area contributed by atoms with E-state index in [2.05, 4.69) is 6.58 Å².